The van der Waals surface area contributed by atoms with Gasteiger partial charge in [-0.3, -0.25) is 0 Å². The van der Waals surface area contributed by atoms with E-state index in [0.29, 0.717) is 6.04 Å². The largest absolute Gasteiger partial charge is 0.457 e. The molecule has 1 heterocycles. The summed E-state index contributed by atoms with van der Waals surface area (Å²) in [4.78, 5) is 2.32. The Kier molecular flexibility index (Phi) is 3.38. The van der Waals surface area contributed by atoms with Gasteiger partial charge >= 0.3 is 0 Å². The normalized spacial score (nSPS) is 18.6. The summed E-state index contributed by atoms with van der Waals surface area (Å²) in [5.74, 6) is 1.72. The van der Waals surface area contributed by atoms with E-state index in [4.69, 9.17) is 10.5 Å². The Morgan fingerprint density at radius 3 is 2.26 bits per heavy atom. The molecule has 0 spiro atoms. The second-order valence-electron chi connectivity index (χ2n) is 4.90. The molecule has 2 aromatic rings. The molecule has 0 bridgehead atoms. The average Bonchev–Trinajstić information content (AvgIpc) is 2.87. The number of para-hydroxylation sites is 1. The molecule has 1 saturated heterocycles. The van der Waals surface area contributed by atoms with Crippen LogP contribution < -0.4 is 15.4 Å². The Labute approximate surface area is 113 Å². The van der Waals surface area contributed by atoms with Crippen LogP contribution in [0, 0.1) is 0 Å². The highest BCUT2D eigenvalue weighted by atomic mass is 16.5. The fraction of sp³-hybridized carbons (Fsp3) is 0.250. The highest BCUT2D eigenvalue weighted by Gasteiger charge is 2.18. The number of rotatable bonds is 3. The molecule has 2 N–H and O–H groups in total. The van der Waals surface area contributed by atoms with Crippen molar-refractivity contribution in [3.05, 3.63) is 54.6 Å². The Bertz CT molecular complexity index is 524. The zero-order chi connectivity index (χ0) is 13.1. The van der Waals surface area contributed by atoms with Gasteiger partial charge in [-0.2, -0.15) is 0 Å². The van der Waals surface area contributed by atoms with Crippen LogP contribution in [0.1, 0.15) is 6.42 Å². The van der Waals surface area contributed by atoms with Crippen molar-refractivity contribution in [2.24, 2.45) is 5.73 Å². The van der Waals surface area contributed by atoms with E-state index in [-0.39, 0.29) is 0 Å². The lowest BCUT2D eigenvalue weighted by Gasteiger charge is -2.18. The number of hydrogen-bond acceptors (Lipinski definition) is 3. The van der Waals surface area contributed by atoms with Crippen LogP contribution in [0.15, 0.2) is 54.6 Å². The first-order valence-corrected chi connectivity index (χ1v) is 6.65. The fourth-order valence-corrected chi connectivity index (χ4v) is 2.37. The van der Waals surface area contributed by atoms with Gasteiger partial charge in [-0.25, -0.2) is 0 Å². The van der Waals surface area contributed by atoms with E-state index in [9.17, 15) is 0 Å². The molecule has 1 atom stereocenters. The third kappa shape index (κ3) is 2.88. The van der Waals surface area contributed by atoms with Gasteiger partial charge in [-0.15, -0.1) is 0 Å². The lowest BCUT2D eigenvalue weighted by Crippen LogP contribution is -2.26. The predicted octanol–water partition coefficient (Wildman–Crippen LogP) is 3.02. The van der Waals surface area contributed by atoms with Crippen LogP contribution in [0.3, 0.4) is 0 Å². The Hall–Kier alpha value is -2.00. The van der Waals surface area contributed by atoms with Gasteiger partial charge in [0.1, 0.15) is 11.5 Å². The van der Waals surface area contributed by atoms with Gasteiger partial charge in [0, 0.05) is 24.8 Å². The smallest absolute Gasteiger partial charge is 0.127 e. The van der Waals surface area contributed by atoms with Gasteiger partial charge in [0.2, 0.25) is 0 Å². The molecule has 1 aliphatic heterocycles. The van der Waals surface area contributed by atoms with Gasteiger partial charge in [-0.05, 0) is 42.8 Å². The molecule has 98 valence electrons. The molecular formula is C16H18N2O. The predicted molar refractivity (Wildman–Crippen MR) is 77.8 cm³/mol. The molecule has 0 aromatic heterocycles. The van der Waals surface area contributed by atoms with E-state index in [1.54, 1.807) is 0 Å². The second-order valence-corrected chi connectivity index (χ2v) is 4.90. The van der Waals surface area contributed by atoms with Crippen molar-refractivity contribution in [3.8, 4) is 11.5 Å². The molecule has 1 unspecified atom stereocenters. The lowest BCUT2D eigenvalue weighted by molar-refractivity contribution is 0.482. The van der Waals surface area contributed by atoms with Crippen LogP contribution in [0.2, 0.25) is 0 Å². The van der Waals surface area contributed by atoms with Gasteiger partial charge < -0.3 is 15.4 Å². The maximum atomic E-state index is 5.93. The first-order valence-electron chi connectivity index (χ1n) is 6.65. The lowest BCUT2D eigenvalue weighted by atomic mass is 10.2. The summed E-state index contributed by atoms with van der Waals surface area (Å²) in [5, 5.41) is 0. The summed E-state index contributed by atoms with van der Waals surface area (Å²) in [6, 6.07) is 18.3. The van der Waals surface area contributed by atoms with Crippen LogP contribution in [-0.4, -0.2) is 19.1 Å². The van der Waals surface area contributed by atoms with E-state index in [1.165, 1.54) is 5.69 Å². The molecule has 19 heavy (non-hydrogen) atoms. The minimum absolute atomic E-state index is 0.306. The third-order valence-electron chi connectivity index (χ3n) is 3.41. The van der Waals surface area contributed by atoms with Crippen molar-refractivity contribution in [1.29, 1.82) is 0 Å². The van der Waals surface area contributed by atoms with E-state index in [1.807, 2.05) is 42.5 Å². The molecule has 0 radical (unpaired) electrons. The SMILES string of the molecule is NC1CCN(c2ccc(Oc3ccccc3)cc2)C1. The standard InChI is InChI=1S/C16H18N2O/c17-13-10-11-18(12-13)14-6-8-16(9-7-14)19-15-4-2-1-3-5-15/h1-9,13H,10-12,17H2. The summed E-state index contributed by atoms with van der Waals surface area (Å²) in [6.07, 6.45) is 1.07. The van der Waals surface area contributed by atoms with Crippen LogP contribution in [0.4, 0.5) is 5.69 Å². The molecular weight excluding hydrogens is 236 g/mol. The number of anilines is 1. The van der Waals surface area contributed by atoms with Gasteiger partial charge in [0.05, 0.1) is 0 Å². The number of nitrogens with two attached hydrogens (primary N) is 1. The molecule has 3 heteroatoms. The Morgan fingerprint density at radius 1 is 0.947 bits per heavy atom. The molecule has 1 fully saturated rings. The van der Waals surface area contributed by atoms with Crippen LogP contribution in [0.5, 0.6) is 11.5 Å². The first-order chi connectivity index (χ1) is 9.31. The van der Waals surface area contributed by atoms with Crippen molar-refractivity contribution in [1.82, 2.24) is 0 Å². The molecule has 0 saturated carbocycles. The summed E-state index contributed by atoms with van der Waals surface area (Å²) < 4.78 is 5.77. The van der Waals surface area contributed by atoms with E-state index >= 15 is 0 Å². The fourth-order valence-electron chi connectivity index (χ4n) is 2.37. The van der Waals surface area contributed by atoms with Crippen molar-refractivity contribution < 1.29 is 4.74 Å². The summed E-state index contributed by atoms with van der Waals surface area (Å²) in [5.41, 5.74) is 7.14. The van der Waals surface area contributed by atoms with Crippen LogP contribution in [-0.2, 0) is 0 Å². The van der Waals surface area contributed by atoms with E-state index in [2.05, 4.69) is 17.0 Å². The monoisotopic (exact) mass is 254 g/mol. The number of benzene rings is 2. The minimum atomic E-state index is 0.306. The topological polar surface area (TPSA) is 38.5 Å². The summed E-state index contributed by atoms with van der Waals surface area (Å²) in [6.45, 7) is 1.99. The zero-order valence-corrected chi connectivity index (χ0v) is 10.8. The highest BCUT2D eigenvalue weighted by Crippen LogP contribution is 2.25. The molecule has 0 amide bonds. The van der Waals surface area contributed by atoms with Gasteiger partial charge in [0.25, 0.3) is 0 Å². The Morgan fingerprint density at radius 2 is 1.63 bits per heavy atom. The summed E-state index contributed by atoms with van der Waals surface area (Å²) in [7, 11) is 0. The second kappa shape index (κ2) is 5.33. The van der Waals surface area contributed by atoms with Crippen molar-refractivity contribution in [3.63, 3.8) is 0 Å². The number of nitrogens with zero attached hydrogens (tertiary/aromatic N) is 1. The first kappa shape index (κ1) is 12.1. The van der Waals surface area contributed by atoms with Crippen LogP contribution >= 0.6 is 0 Å². The van der Waals surface area contributed by atoms with E-state index < -0.39 is 0 Å². The van der Waals surface area contributed by atoms with Crippen molar-refractivity contribution in [2.45, 2.75) is 12.5 Å². The third-order valence-corrected chi connectivity index (χ3v) is 3.41. The summed E-state index contributed by atoms with van der Waals surface area (Å²) >= 11 is 0. The van der Waals surface area contributed by atoms with Crippen LogP contribution in [0.25, 0.3) is 0 Å². The number of hydrogen-bond donors (Lipinski definition) is 1. The molecule has 0 aliphatic carbocycles. The maximum Gasteiger partial charge on any atom is 0.127 e. The van der Waals surface area contributed by atoms with Gasteiger partial charge in [-0.1, -0.05) is 18.2 Å². The van der Waals surface area contributed by atoms with Gasteiger partial charge in [0.15, 0.2) is 0 Å². The van der Waals surface area contributed by atoms with Crippen molar-refractivity contribution in [2.75, 3.05) is 18.0 Å². The average molecular weight is 254 g/mol. The quantitative estimate of drug-likeness (QED) is 0.915. The van der Waals surface area contributed by atoms with E-state index in [0.717, 1.165) is 31.0 Å². The van der Waals surface area contributed by atoms with Crippen molar-refractivity contribution >= 4 is 5.69 Å². The number of ether oxygens (including phenoxy) is 1. The Balaban J connectivity index is 1.69. The minimum Gasteiger partial charge on any atom is -0.457 e. The maximum absolute atomic E-state index is 5.93. The molecule has 2 aromatic carbocycles. The molecule has 1 aliphatic rings. The highest BCUT2D eigenvalue weighted by molar-refractivity contribution is 5.50. The molecule has 3 rings (SSSR count). The zero-order valence-electron chi connectivity index (χ0n) is 10.8. The molecule has 3 nitrogen and oxygen atoms in total.